The fourth-order valence-corrected chi connectivity index (χ4v) is 4.22. The van der Waals surface area contributed by atoms with Gasteiger partial charge >= 0.3 is 0 Å². The van der Waals surface area contributed by atoms with Crippen LogP contribution in [0, 0.1) is 5.82 Å². The Morgan fingerprint density at radius 1 is 1.16 bits per heavy atom. The molecule has 6 nitrogen and oxygen atoms in total. The molecule has 1 atom stereocenters. The summed E-state index contributed by atoms with van der Waals surface area (Å²) in [6.07, 6.45) is -1.04. The van der Waals surface area contributed by atoms with Crippen LogP contribution in [0.2, 0.25) is 0 Å². The maximum atomic E-state index is 13.9. The summed E-state index contributed by atoms with van der Waals surface area (Å²) in [5, 5.41) is 15.7. The average molecular weight is 441 g/mol. The third-order valence-electron chi connectivity index (χ3n) is 4.87. The molecule has 4 aromatic rings. The van der Waals surface area contributed by atoms with Crippen molar-refractivity contribution < 1.29 is 28.2 Å². The predicted molar refractivity (Wildman–Crippen MR) is 116 cm³/mol. The van der Waals surface area contributed by atoms with E-state index in [0.29, 0.717) is 33.3 Å². The number of rotatable bonds is 7. The quantitative estimate of drug-likeness (QED) is 0.431. The molecule has 1 unspecified atom stereocenters. The lowest BCUT2D eigenvalue weighted by atomic mass is 10.1. The van der Waals surface area contributed by atoms with E-state index in [1.54, 1.807) is 36.4 Å². The molecule has 0 aliphatic rings. The number of thiophene rings is 1. The zero-order valence-electron chi connectivity index (χ0n) is 16.8. The van der Waals surface area contributed by atoms with E-state index in [1.807, 2.05) is 11.4 Å². The molecule has 1 amide bonds. The molecule has 2 N–H and O–H groups in total. The molecule has 0 saturated heterocycles. The number of ether oxygens (including phenoxy) is 2. The number of halogens is 1. The Bertz CT molecular complexity index is 1230. The van der Waals surface area contributed by atoms with Crippen LogP contribution in [0.15, 0.2) is 58.3 Å². The minimum atomic E-state index is -1.04. The predicted octanol–water partition coefficient (Wildman–Crippen LogP) is 4.78. The van der Waals surface area contributed by atoms with Crippen LogP contribution in [0.25, 0.3) is 21.4 Å². The molecule has 2 aromatic heterocycles. The van der Waals surface area contributed by atoms with Gasteiger partial charge in [0, 0.05) is 21.9 Å². The molecule has 0 fully saturated rings. The zero-order chi connectivity index (χ0) is 22.0. The van der Waals surface area contributed by atoms with Gasteiger partial charge in [0.1, 0.15) is 23.4 Å². The second kappa shape index (κ2) is 8.79. The molecule has 8 heteroatoms. The molecular formula is C23H20FNO5S. The second-order valence-electron chi connectivity index (χ2n) is 6.76. The number of amides is 1. The molecule has 2 aromatic carbocycles. The summed E-state index contributed by atoms with van der Waals surface area (Å²) >= 11 is 1.30. The van der Waals surface area contributed by atoms with Gasteiger partial charge in [-0.05, 0) is 36.4 Å². The molecule has 0 aliphatic carbocycles. The normalized spacial score (nSPS) is 12.0. The molecule has 0 spiro atoms. The van der Waals surface area contributed by atoms with E-state index >= 15 is 0 Å². The van der Waals surface area contributed by atoms with Gasteiger partial charge in [-0.15, -0.1) is 11.3 Å². The Labute approximate surface area is 181 Å². The average Bonchev–Trinajstić information content (AvgIpc) is 3.44. The highest BCUT2D eigenvalue weighted by atomic mass is 32.1. The van der Waals surface area contributed by atoms with Gasteiger partial charge in [-0.3, -0.25) is 4.79 Å². The van der Waals surface area contributed by atoms with Gasteiger partial charge in [0.15, 0.2) is 11.5 Å². The number of carbonyl (C=O) groups excluding carboxylic acids is 1. The molecule has 0 saturated carbocycles. The van der Waals surface area contributed by atoms with E-state index < -0.39 is 6.10 Å². The lowest BCUT2D eigenvalue weighted by Crippen LogP contribution is -2.28. The number of carbonyl (C=O) groups is 1. The largest absolute Gasteiger partial charge is 0.493 e. The first-order valence-electron chi connectivity index (χ1n) is 9.46. The van der Waals surface area contributed by atoms with E-state index in [0.717, 1.165) is 10.9 Å². The van der Waals surface area contributed by atoms with Crippen LogP contribution in [-0.4, -0.2) is 31.8 Å². The molecular weight excluding hydrogens is 421 g/mol. The van der Waals surface area contributed by atoms with Crippen molar-refractivity contribution in [3.05, 3.63) is 71.1 Å². The van der Waals surface area contributed by atoms with Crippen LogP contribution in [-0.2, 0) is 0 Å². The minimum Gasteiger partial charge on any atom is -0.493 e. The van der Waals surface area contributed by atoms with Crippen molar-refractivity contribution >= 4 is 27.3 Å². The summed E-state index contributed by atoms with van der Waals surface area (Å²) in [6.45, 7) is -0.0425. The number of hydrogen-bond acceptors (Lipinski definition) is 6. The first kappa shape index (κ1) is 20.9. The van der Waals surface area contributed by atoms with Gasteiger partial charge in [-0.1, -0.05) is 12.1 Å². The van der Waals surface area contributed by atoms with Gasteiger partial charge in [0.25, 0.3) is 5.91 Å². The third-order valence-corrected chi connectivity index (χ3v) is 5.88. The minimum absolute atomic E-state index is 0.0425. The Morgan fingerprint density at radius 2 is 1.97 bits per heavy atom. The van der Waals surface area contributed by atoms with Crippen LogP contribution in [0.3, 0.4) is 0 Å². The van der Waals surface area contributed by atoms with E-state index in [2.05, 4.69) is 5.32 Å². The number of aliphatic hydroxyl groups excluding tert-OH is 1. The summed E-state index contributed by atoms with van der Waals surface area (Å²) in [5.74, 6) is 1.13. The van der Waals surface area contributed by atoms with Crippen LogP contribution < -0.4 is 14.8 Å². The van der Waals surface area contributed by atoms with Crippen LogP contribution in [0.4, 0.5) is 4.39 Å². The number of methoxy groups -OCH3 is 2. The maximum absolute atomic E-state index is 13.9. The Morgan fingerprint density at radius 3 is 2.74 bits per heavy atom. The fraction of sp³-hybridized carbons (Fsp3) is 0.174. The number of nitrogens with one attached hydrogen (secondary N) is 1. The lowest BCUT2D eigenvalue weighted by Gasteiger charge is -2.12. The van der Waals surface area contributed by atoms with Crippen molar-refractivity contribution in [3.63, 3.8) is 0 Å². The van der Waals surface area contributed by atoms with Crippen LogP contribution >= 0.6 is 11.3 Å². The summed E-state index contributed by atoms with van der Waals surface area (Å²) in [7, 11) is 3.00. The number of furan rings is 1. The van der Waals surface area contributed by atoms with Crippen molar-refractivity contribution in [2.24, 2.45) is 0 Å². The van der Waals surface area contributed by atoms with Crippen LogP contribution in [0.5, 0.6) is 11.5 Å². The molecule has 2 heterocycles. The summed E-state index contributed by atoms with van der Waals surface area (Å²) in [4.78, 5) is 12.4. The standard InChI is InChI=1S/C23H20FNO5S/c1-28-20-7-6-13(10-21(20)29-2)23(27)25-11-17(26)19-9-8-18(30-19)15-12-31-22-14(15)4-3-5-16(22)24/h3-10,12,17,26H,11H2,1-2H3,(H,25,27). The van der Waals surface area contributed by atoms with Crippen LogP contribution in [0.1, 0.15) is 22.2 Å². The van der Waals surface area contributed by atoms with E-state index in [9.17, 15) is 14.3 Å². The van der Waals surface area contributed by atoms with Gasteiger partial charge in [0.05, 0.1) is 25.5 Å². The first-order valence-corrected chi connectivity index (χ1v) is 10.3. The molecule has 4 rings (SSSR count). The van der Waals surface area contributed by atoms with Gasteiger partial charge in [0.2, 0.25) is 0 Å². The second-order valence-corrected chi connectivity index (χ2v) is 7.64. The topological polar surface area (TPSA) is 80.9 Å². The molecule has 160 valence electrons. The summed E-state index contributed by atoms with van der Waals surface area (Å²) in [5.41, 5.74) is 1.13. The third kappa shape index (κ3) is 4.12. The maximum Gasteiger partial charge on any atom is 0.251 e. The smallest absolute Gasteiger partial charge is 0.251 e. The highest BCUT2D eigenvalue weighted by Crippen LogP contribution is 2.36. The van der Waals surface area contributed by atoms with Gasteiger partial charge in [-0.25, -0.2) is 4.39 Å². The highest BCUT2D eigenvalue weighted by molar-refractivity contribution is 7.17. The first-order chi connectivity index (χ1) is 15.0. The Hall–Kier alpha value is -3.36. The van der Waals surface area contributed by atoms with Crippen molar-refractivity contribution in [2.45, 2.75) is 6.10 Å². The van der Waals surface area contributed by atoms with E-state index in [4.69, 9.17) is 13.9 Å². The van der Waals surface area contributed by atoms with E-state index in [-0.39, 0.29) is 18.3 Å². The van der Waals surface area contributed by atoms with Gasteiger partial charge < -0.3 is 24.3 Å². The number of fused-ring (bicyclic) bond motifs is 1. The lowest BCUT2D eigenvalue weighted by molar-refractivity contribution is 0.0901. The molecule has 0 aliphatic heterocycles. The van der Waals surface area contributed by atoms with Crippen molar-refractivity contribution in [1.29, 1.82) is 0 Å². The number of benzene rings is 2. The SMILES string of the molecule is COc1ccc(C(=O)NCC(O)c2ccc(-c3csc4c(F)cccc34)o2)cc1OC. The summed E-state index contributed by atoms with van der Waals surface area (Å²) in [6, 6.07) is 13.1. The molecule has 0 radical (unpaired) electrons. The number of hydrogen-bond donors (Lipinski definition) is 2. The monoisotopic (exact) mass is 441 g/mol. The van der Waals surface area contributed by atoms with Gasteiger partial charge in [-0.2, -0.15) is 0 Å². The van der Waals surface area contributed by atoms with E-state index in [1.165, 1.54) is 31.6 Å². The van der Waals surface area contributed by atoms with Crippen molar-refractivity contribution in [1.82, 2.24) is 5.32 Å². The summed E-state index contributed by atoms with van der Waals surface area (Å²) < 4.78 is 30.7. The molecule has 31 heavy (non-hydrogen) atoms. The Kier molecular flexibility index (Phi) is 5.92. The number of aliphatic hydroxyl groups is 1. The van der Waals surface area contributed by atoms with Crippen molar-refractivity contribution in [2.75, 3.05) is 20.8 Å². The van der Waals surface area contributed by atoms with Crippen molar-refractivity contribution in [3.8, 4) is 22.8 Å². The molecule has 0 bridgehead atoms. The zero-order valence-corrected chi connectivity index (χ0v) is 17.7. The Balaban J connectivity index is 1.45. The fourth-order valence-electron chi connectivity index (χ4n) is 3.26. The highest BCUT2D eigenvalue weighted by Gasteiger charge is 2.18.